The third-order valence-electron chi connectivity index (χ3n) is 11.5. The molecule has 0 aromatic rings. The highest BCUT2D eigenvalue weighted by atomic mass is 16.3. The van der Waals surface area contributed by atoms with E-state index in [1.165, 1.54) is 70.6 Å². The minimum Gasteiger partial charge on any atom is -0.393 e. The molecule has 0 heterocycles. The smallest absolute Gasteiger partial charge is 0.137 e. The largest absolute Gasteiger partial charge is 0.393 e. The first kappa shape index (κ1) is 67.1. The number of carbonyl (C=O) groups is 4. The number of hydrogen-bond donors (Lipinski definition) is 4. The minimum atomic E-state index is -0.424. The van der Waals surface area contributed by atoms with Gasteiger partial charge in [-0.15, -0.1) is 0 Å². The molecule has 0 radical (unpaired) electrons. The molecule has 5 atom stereocenters. The Morgan fingerprint density at radius 2 is 0.548 bits per heavy atom. The van der Waals surface area contributed by atoms with Gasteiger partial charge in [-0.25, -0.2) is 0 Å². The number of carbonyl (C=O) groups excluding carboxylic acids is 4. The highest BCUT2D eigenvalue weighted by Gasteiger charge is 2.16. The van der Waals surface area contributed by atoms with Crippen LogP contribution in [0.15, 0.2) is 0 Å². The molecular formula is C54H108O8. The second kappa shape index (κ2) is 44.7. The maximum Gasteiger partial charge on any atom is 0.137 e. The Morgan fingerprint density at radius 1 is 0.323 bits per heavy atom. The summed E-state index contributed by atoms with van der Waals surface area (Å²) >= 11 is 0. The summed E-state index contributed by atoms with van der Waals surface area (Å²) in [6, 6.07) is 0. The molecule has 62 heavy (non-hydrogen) atoms. The Labute approximate surface area is 385 Å². The molecule has 0 aromatic carbocycles. The fourth-order valence-electron chi connectivity index (χ4n) is 6.38. The lowest BCUT2D eigenvalue weighted by molar-refractivity contribution is -0.124. The lowest BCUT2D eigenvalue weighted by atomic mass is 9.97. The first-order chi connectivity index (χ1) is 28.9. The van der Waals surface area contributed by atoms with E-state index in [9.17, 15) is 39.6 Å². The van der Waals surface area contributed by atoms with Gasteiger partial charge in [0.1, 0.15) is 23.1 Å². The molecule has 0 unspecified atom stereocenters. The van der Waals surface area contributed by atoms with Gasteiger partial charge in [0.25, 0.3) is 0 Å². The Kier molecular flexibility index (Phi) is 48.4. The number of rotatable bonds is 35. The lowest BCUT2D eigenvalue weighted by Crippen LogP contribution is -2.17. The molecule has 8 nitrogen and oxygen atoms in total. The Balaban J connectivity index is -0.000000362. The summed E-state index contributed by atoms with van der Waals surface area (Å²) in [5, 5.41) is 38.5. The van der Waals surface area contributed by atoms with Gasteiger partial charge in [0.2, 0.25) is 0 Å². The summed E-state index contributed by atoms with van der Waals surface area (Å²) in [4.78, 5) is 45.4. The number of aliphatic hydroxyl groups excluding tert-OH is 4. The third-order valence-corrected chi connectivity index (χ3v) is 11.5. The van der Waals surface area contributed by atoms with Gasteiger partial charge in [-0.1, -0.05) is 207 Å². The summed E-state index contributed by atoms with van der Waals surface area (Å²) in [7, 11) is 0. The van der Waals surface area contributed by atoms with Crippen molar-refractivity contribution in [3.8, 4) is 0 Å². The first-order valence-corrected chi connectivity index (χ1v) is 25.7. The highest BCUT2D eigenvalue weighted by molar-refractivity contribution is 5.81. The minimum absolute atomic E-state index is 0.0507. The van der Waals surface area contributed by atoms with Gasteiger partial charge < -0.3 is 20.4 Å². The van der Waals surface area contributed by atoms with E-state index in [0.717, 1.165) is 75.5 Å². The predicted molar refractivity (Wildman–Crippen MR) is 264 cm³/mol. The van der Waals surface area contributed by atoms with Gasteiger partial charge in [-0.05, 0) is 43.4 Å². The van der Waals surface area contributed by atoms with Crippen molar-refractivity contribution in [1.82, 2.24) is 0 Å². The average molecular weight is 885 g/mol. The molecule has 0 rings (SSSR count). The van der Waals surface area contributed by atoms with E-state index in [1.54, 1.807) is 0 Å². The van der Waals surface area contributed by atoms with Gasteiger partial charge >= 0.3 is 0 Å². The van der Waals surface area contributed by atoms with Crippen LogP contribution in [0.4, 0.5) is 0 Å². The van der Waals surface area contributed by atoms with Crippen molar-refractivity contribution in [2.75, 3.05) is 0 Å². The molecule has 0 aliphatic rings. The van der Waals surface area contributed by atoms with Crippen molar-refractivity contribution < 1.29 is 39.6 Å². The molecule has 8 heteroatoms. The van der Waals surface area contributed by atoms with E-state index in [-0.39, 0.29) is 46.8 Å². The van der Waals surface area contributed by atoms with Gasteiger partial charge in [0.15, 0.2) is 0 Å². The Hall–Kier alpha value is -1.48. The van der Waals surface area contributed by atoms with Gasteiger partial charge in [0, 0.05) is 49.4 Å². The number of unbranched alkanes of at least 4 members (excludes halogenated alkanes) is 8. The molecule has 0 saturated heterocycles. The average Bonchev–Trinajstić information content (AvgIpc) is 3.18. The summed E-state index contributed by atoms with van der Waals surface area (Å²) in [6.07, 6.45) is 21.5. The van der Waals surface area contributed by atoms with Crippen LogP contribution in [0.2, 0.25) is 0 Å². The molecule has 0 aromatic heterocycles. The normalized spacial score (nSPS) is 13.8. The number of hydrogen-bond acceptors (Lipinski definition) is 8. The Bertz CT molecular complexity index is 1030. The van der Waals surface area contributed by atoms with Crippen LogP contribution < -0.4 is 0 Å². The van der Waals surface area contributed by atoms with Gasteiger partial charge in [-0.2, -0.15) is 0 Å². The SMILES string of the molecule is CC(C)CCCCC[C@@H](O)CC(=O)C(C)C.CC(C)CCCC[C@@H](O)CC(=O)C(C)C.CCCCCCC[C@@H](O)CC(=O)C(C)C.CC[C@H](C)CCCC[C@@H](O)CC(=O)C(C)C. The maximum absolute atomic E-state index is 11.4. The molecular weight excluding hydrogens is 777 g/mol. The summed E-state index contributed by atoms with van der Waals surface area (Å²) < 4.78 is 0. The zero-order valence-corrected chi connectivity index (χ0v) is 43.7. The van der Waals surface area contributed by atoms with Crippen LogP contribution in [-0.2, 0) is 19.2 Å². The predicted octanol–water partition coefficient (Wildman–Crippen LogP) is 13.6. The number of aliphatic hydroxyl groups is 4. The molecule has 0 spiro atoms. The van der Waals surface area contributed by atoms with E-state index >= 15 is 0 Å². The Morgan fingerprint density at radius 3 is 0.806 bits per heavy atom. The van der Waals surface area contributed by atoms with Crippen molar-refractivity contribution in [3.05, 3.63) is 0 Å². The molecule has 0 saturated carbocycles. The highest BCUT2D eigenvalue weighted by Crippen LogP contribution is 2.17. The van der Waals surface area contributed by atoms with Crippen molar-refractivity contribution in [2.24, 2.45) is 41.4 Å². The summed E-state index contributed by atoms with van der Waals surface area (Å²) in [5.41, 5.74) is 0. The molecule has 0 bridgehead atoms. The van der Waals surface area contributed by atoms with Crippen molar-refractivity contribution >= 4 is 23.1 Å². The molecule has 0 amide bonds. The van der Waals surface area contributed by atoms with E-state index in [0.29, 0.717) is 25.7 Å². The summed E-state index contributed by atoms with van der Waals surface area (Å²) in [6.45, 7) is 30.6. The maximum atomic E-state index is 11.4. The van der Waals surface area contributed by atoms with E-state index in [4.69, 9.17) is 0 Å². The van der Waals surface area contributed by atoms with Crippen molar-refractivity contribution in [2.45, 2.75) is 282 Å². The molecule has 4 N–H and O–H groups in total. The zero-order valence-electron chi connectivity index (χ0n) is 43.7. The van der Waals surface area contributed by atoms with Crippen LogP contribution in [-0.4, -0.2) is 68.0 Å². The van der Waals surface area contributed by atoms with Crippen LogP contribution in [0.1, 0.15) is 258 Å². The van der Waals surface area contributed by atoms with Crippen LogP contribution in [0.3, 0.4) is 0 Å². The molecule has 372 valence electrons. The van der Waals surface area contributed by atoms with Crippen molar-refractivity contribution in [1.29, 1.82) is 0 Å². The van der Waals surface area contributed by atoms with E-state index in [1.807, 2.05) is 55.4 Å². The number of Topliss-reactive ketones (excluding diaryl/α,β-unsaturated/α-hetero) is 4. The quantitative estimate of drug-likeness (QED) is 0.0460. The monoisotopic (exact) mass is 885 g/mol. The number of ketones is 4. The molecule has 0 fully saturated rings. The third kappa shape index (κ3) is 51.2. The van der Waals surface area contributed by atoms with E-state index < -0.39 is 24.4 Å². The first-order valence-electron chi connectivity index (χ1n) is 25.7. The summed E-state index contributed by atoms with van der Waals surface area (Å²) in [5.74, 6) is 3.20. The fraction of sp³-hybridized carbons (Fsp3) is 0.926. The van der Waals surface area contributed by atoms with Crippen LogP contribution in [0.5, 0.6) is 0 Å². The van der Waals surface area contributed by atoms with Gasteiger partial charge in [0.05, 0.1) is 24.4 Å². The lowest BCUT2D eigenvalue weighted by Gasteiger charge is -2.12. The van der Waals surface area contributed by atoms with Gasteiger partial charge in [-0.3, -0.25) is 19.2 Å². The standard InChI is InChI=1S/2C14H28O2.2C13H26O2/c1-11(2)8-6-5-7-9-13(15)10-14(16)12(3)4;1-5-12(4)8-6-7-9-13(15)10-14(16)11(2)3;1-10(2)7-5-6-8-12(14)9-13(15)11(3)4;1-4-5-6-7-8-9-12(14)10-13(15)11(2)3/h2*11-13,15H,5-10H2,1-4H3;10-12,14H,5-9H2,1-4H3;11-12,14H,4-10H2,1-3H3/t13-;12-,13+;2*12-/m1011/s1. The fourth-order valence-corrected chi connectivity index (χ4v) is 6.38. The second-order valence-corrected chi connectivity index (χ2v) is 20.6. The second-order valence-electron chi connectivity index (χ2n) is 20.6. The molecule has 0 aliphatic heterocycles. The van der Waals surface area contributed by atoms with Crippen LogP contribution >= 0.6 is 0 Å². The topological polar surface area (TPSA) is 149 Å². The van der Waals surface area contributed by atoms with E-state index in [2.05, 4.69) is 48.5 Å². The van der Waals surface area contributed by atoms with Crippen LogP contribution in [0.25, 0.3) is 0 Å². The zero-order chi connectivity index (χ0) is 48.6. The van der Waals surface area contributed by atoms with Crippen LogP contribution in [0, 0.1) is 41.4 Å². The molecule has 0 aliphatic carbocycles. The van der Waals surface area contributed by atoms with Crippen molar-refractivity contribution in [3.63, 3.8) is 0 Å².